The highest BCUT2D eigenvalue weighted by Crippen LogP contribution is 2.25. The lowest BCUT2D eigenvalue weighted by Crippen LogP contribution is -2.12. The van der Waals surface area contributed by atoms with Crippen molar-refractivity contribution in [3.8, 4) is 11.5 Å². The Labute approximate surface area is 97.2 Å². The summed E-state index contributed by atoms with van der Waals surface area (Å²) in [6.45, 7) is 2.09. The van der Waals surface area contributed by atoms with E-state index in [9.17, 15) is 0 Å². The Hall–Kier alpha value is -0.930. The first kappa shape index (κ1) is 14.1. The SMILES string of the molecule is CNC(C)c1cc(OC)cc(OC)c1.Cl. The van der Waals surface area contributed by atoms with Gasteiger partial charge >= 0.3 is 0 Å². The maximum absolute atomic E-state index is 5.18. The van der Waals surface area contributed by atoms with Crippen LogP contribution in [0.1, 0.15) is 18.5 Å². The quantitative estimate of drug-likeness (QED) is 0.863. The molecule has 1 aromatic carbocycles. The minimum atomic E-state index is 0. The second kappa shape index (κ2) is 6.53. The molecule has 1 rings (SSSR count). The maximum Gasteiger partial charge on any atom is 0.122 e. The van der Waals surface area contributed by atoms with E-state index in [2.05, 4.69) is 12.2 Å². The highest BCUT2D eigenvalue weighted by atomic mass is 35.5. The van der Waals surface area contributed by atoms with Crippen molar-refractivity contribution in [3.05, 3.63) is 23.8 Å². The van der Waals surface area contributed by atoms with Gasteiger partial charge in [-0.3, -0.25) is 0 Å². The Morgan fingerprint density at radius 3 is 1.87 bits per heavy atom. The monoisotopic (exact) mass is 231 g/mol. The van der Waals surface area contributed by atoms with Crippen LogP contribution < -0.4 is 14.8 Å². The summed E-state index contributed by atoms with van der Waals surface area (Å²) in [5.74, 6) is 1.64. The lowest BCUT2D eigenvalue weighted by atomic mass is 10.1. The Balaban J connectivity index is 0.00000196. The molecule has 1 atom stereocenters. The summed E-state index contributed by atoms with van der Waals surface area (Å²) in [4.78, 5) is 0. The topological polar surface area (TPSA) is 30.5 Å². The Kier molecular flexibility index (Phi) is 6.13. The van der Waals surface area contributed by atoms with E-state index in [1.54, 1.807) is 14.2 Å². The summed E-state index contributed by atoms with van der Waals surface area (Å²) in [6.07, 6.45) is 0. The molecule has 0 aliphatic heterocycles. The molecule has 0 spiro atoms. The minimum Gasteiger partial charge on any atom is -0.497 e. The minimum absolute atomic E-state index is 0. The molecule has 0 saturated heterocycles. The van der Waals surface area contributed by atoms with Crippen LogP contribution in [0.15, 0.2) is 18.2 Å². The third-order valence-electron chi connectivity index (χ3n) is 2.31. The van der Waals surface area contributed by atoms with E-state index in [0.717, 1.165) is 17.1 Å². The second-order valence-electron chi connectivity index (χ2n) is 3.16. The largest absolute Gasteiger partial charge is 0.497 e. The Morgan fingerprint density at radius 1 is 1.07 bits per heavy atom. The van der Waals surface area contributed by atoms with E-state index in [1.807, 2.05) is 25.2 Å². The van der Waals surface area contributed by atoms with E-state index >= 15 is 0 Å². The zero-order valence-corrected chi connectivity index (χ0v) is 10.4. The molecule has 86 valence electrons. The molecule has 0 heterocycles. The van der Waals surface area contributed by atoms with Crippen LogP contribution in [-0.4, -0.2) is 21.3 Å². The van der Waals surface area contributed by atoms with E-state index in [1.165, 1.54) is 0 Å². The molecule has 1 unspecified atom stereocenters. The molecule has 0 aliphatic carbocycles. The van der Waals surface area contributed by atoms with Gasteiger partial charge < -0.3 is 14.8 Å². The van der Waals surface area contributed by atoms with Crippen molar-refractivity contribution in [3.63, 3.8) is 0 Å². The summed E-state index contributed by atoms with van der Waals surface area (Å²) in [6, 6.07) is 6.17. The third-order valence-corrected chi connectivity index (χ3v) is 2.31. The smallest absolute Gasteiger partial charge is 0.122 e. The van der Waals surface area contributed by atoms with Crippen LogP contribution in [0.25, 0.3) is 0 Å². The van der Waals surface area contributed by atoms with Gasteiger partial charge in [-0.2, -0.15) is 0 Å². The van der Waals surface area contributed by atoms with Gasteiger partial charge in [-0.15, -0.1) is 12.4 Å². The van der Waals surface area contributed by atoms with Crippen LogP contribution in [-0.2, 0) is 0 Å². The molecular weight excluding hydrogens is 214 g/mol. The molecule has 0 bridgehead atoms. The molecule has 0 amide bonds. The lowest BCUT2D eigenvalue weighted by Gasteiger charge is -2.13. The number of hydrogen-bond acceptors (Lipinski definition) is 3. The zero-order chi connectivity index (χ0) is 10.6. The van der Waals surface area contributed by atoms with Crippen LogP contribution in [0.3, 0.4) is 0 Å². The summed E-state index contributed by atoms with van der Waals surface area (Å²) in [5.41, 5.74) is 1.16. The predicted molar refractivity (Wildman–Crippen MR) is 64.3 cm³/mol. The van der Waals surface area contributed by atoms with Crippen molar-refractivity contribution in [2.75, 3.05) is 21.3 Å². The normalized spacial score (nSPS) is 11.5. The molecule has 0 aromatic heterocycles. The van der Waals surface area contributed by atoms with Crippen LogP contribution in [0.5, 0.6) is 11.5 Å². The first-order valence-corrected chi connectivity index (χ1v) is 4.61. The molecule has 0 saturated carbocycles. The fourth-order valence-corrected chi connectivity index (χ4v) is 1.25. The summed E-state index contributed by atoms with van der Waals surface area (Å²) in [5, 5.41) is 3.17. The summed E-state index contributed by atoms with van der Waals surface area (Å²) in [7, 11) is 5.24. The average molecular weight is 232 g/mol. The van der Waals surface area contributed by atoms with Crippen molar-refractivity contribution in [2.45, 2.75) is 13.0 Å². The Bertz CT molecular complexity index is 282. The standard InChI is InChI=1S/C11H17NO2.ClH/c1-8(12-2)9-5-10(13-3)7-11(6-9)14-4;/h5-8,12H,1-4H3;1H. The fourth-order valence-electron chi connectivity index (χ4n) is 1.25. The van der Waals surface area contributed by atoms with Gasteiger partial charge in [0.1, 0.15) is 11.5 Å². The van der Waals surface area contributed by atoms with Crippen molar-refractivity contribution < 1.29 is 9.47 Å². The molecule has 0 aliphatic rings. The summed E-state index contributed by atoms with van der Waals surface area (Å²) >= 11 is 0. The van der Waals surface area contributed by atoms with Crippen molar-refractivity contribution in [2.24, 2.45) is 0 Å². The molecule has 1 aromatic rings. The Morgan fingerprint density at radius 2 is 1.53 bits per heavy atom. The van der Waals surface area contributed by atoms with Crippen LogP contribution >= 0.6 is 12.4 Å². The molecular formula is C11H18ClNO2. The van der Waals surface area contributed by atoms with Crippen molar-refractivity contribution in [1.29, 1.82) is 0 Å². The first-order valence-electron chi connectivity index (χ1n) is 4.61. The van der Waals surface area contributed by atoms with Gasteiger partial charge in [0, 0.05) is 12.1 Å². The highest BCUT2D eigenvalue weighted by molar-refractivity contribution is 5.85. The molecule has 1 N–H and O–H groups in total. The number of ether oxygens (including phenoxy) is 2. The first-order chi connectivity index (χ1) is 6.71. The van der Waals surface area contributed by atoms with Gasteiger partial charge in [-0.25, -0.2) is 0 Å². The zero-order valence-electron chi connectivity index (χ0n) is 9.53. The van der Waals surface area contributed by atoms with E-state index < -0.39 is 0 Å². The third kappa shape index (κ3) is 3.61. The van der Waals surface area contributed by atoms with Crippen molar-refractivity contribution >= 4 is 12.4 Å². The van der Waals surface area contributed by atoms with Crippen LogP contribution in [0.4, 0.5) is 0 Å². The van der Waals surface area contributed by atoms with Crippen molar-refractivity contribution in [1.82, 2.24) is 5.32 Å². The molecule has 0 radical (unpaired) electrons. The number of benzene rings is 1. The van der Waals surface area contributed by atoms with Gasteiger partial charge in [0.15, 0.2) is 0 Å². The average Bonchev–Trinajstić information content (AvgIpc) is 2.27. The molecule has 4 heteroatoms. The molecule has 15 heavy (non-hydrogen) atoms. The lowest BCUT2D eigenvalue weighted by molar-refractivity contribution is 0.392. The fraction of sp³-hybridized carbons (Fsp3) is 0.455. The van der Waals surface area contributed by atoms with Gasteiger partial charge in [0.2, 0.25) is 0 Å². The number of halogens is 1. The van der Waals surface area contributed by atoms with Gasteiger partial charge in [0.05, 0.1) is 14.2 Å². The number of nitrogens with one attached hydrogen (secondary N) is 1. The molecule has 3 nitrogen and oxygen atoms in total. The van der Waals surface area contributed by atoms with Gasteiger partial charge in [-0.05, 0) is 31.7 Å². The van der Waals surface area contributed by atoms with Gasteiger partial charge in [0.25, 0.3) is 0 Å². The second-order valence-corrected chi connectivity index (χ2v) is 3.16. The van der Waals surface area contributed by atoms with Gasteiger partial charge in [-0.1, -0.05) is 0 Å². The maximum atomic E-state index is 5.18. The van der Waals surface area contributed by atoms with E-state index in [4.69, 9.17) is 9.47 Å². The predicted octanol–water partition coefficient (Wildman–Crippen LogP) is 2.41. The molecule has 0 fully saturated rings. The number of methoxy groups -OCH3 is 2. The number of hydrogen-bond donors (Lipinski definition) is 1. The highest BCUT2D eigenvalue weighted by Gasteiger charge is 2.06. The van der Waals surface area contributed by atoms with E-state index in [-0.39, 0.29) is 12.4 Å². The van der Waals surface area contributed by atoms with Crippen LogP contribution in [0.2, 0.25) is 0 Å². The van der Waals surface area contributed by atoms with E-state index in [0.29, 0.717) is 6.04 Å². The van der Waals surface area contributed by atoms with Crippen LogP contribution in [0, 0.1) is 0 Å². The summed E-state index contributed by atoms with van der Waals surface area (Å²) < 4.78 is 10.4. The number of rotatable bonds is 4.